The van der Waals surface area contributed by atoms with E-state index < -0.39 is 0 Å². The van der Waals surface area contributed by atoms with E-state index in [-0.39, 0.29) is 12.5 Å². The Labute approximate surface area is 167 Å². The van der Waals surface area contributed by atoms with Crippen LogP contribution in [-0.4, -0.2) is 19.6 Å². The number of carbonyl (C=O) groups excluding carboxylic acids is 1. The van der Waals surface area contributed by atoms with Gasteiger partial charge in [-0.15, -0.1) is 11.8 Å². The number of ether oxygens (including phenoxy) is 2. The van der Waals surface area contributed by atoms with Crippen LogP contribution < -0.4 is 14.8 Å². The molecule has 0 aliphatic heterocycles. The third kappa shape index (κ3) is 5.52. The van der Waals surface area contributed by atoms with Gasteiger partial charge in [0.25, 0.3) is 5.91 Å². The highest BCUT2D eigenvalue weighted by Gasteiger charge is 2.10. The van der Waals surface area contributed by atoms with Gasteiger partial charge in [-0.25, -0.2) is 0 Å². The van der Waals surface area contributed by atoms with Crippen LogP contribution in [0.3, 0.4) is 0 Å². The third-order valence-electron chi connectivity index (χ3n) is 3.81. The van der Waals surface area contributed by atoms with Crippen molar-refractivity contribution in [1.82, 2.24) is 0 Å². The molecule has 6 heteroatoms. The highest BCUT2D eigenvalue weighted by atomic mass is 32.2. The smallest absolute Gasteiger partial charge is 0.262 e. The van der Waals surface area contributed by atoms with Crippen molar-refractivity contribution in [3.05, 3.63) is 70.4 Å². The lowest BCUT2D eigenvalue weighted by atomic mass is 10.2. The van der Waals surface area contributed by atoms with Gasteiger partial charge in [0.1, 0.15) is 0 Å². The number of hydrogen-bond donors (Lipinski definition) is 1. The van der Waals surface area contributed by atoms with Gasteiger partial charge in [-0.1, -0.05) is 18.2 Å². The molecule has 0 aliphatic rings. The molecule has 1 amide bonds. The number of carbonyl (C=O) groups is 1. The van der Waals surface area contributed by atoms with Gasteiger partial charge in [-0.05, 0) is 59.1 Å². The molecule has 1 N–H and O–H groups in total. The van der Waals surface area contributed by atoms with Crippen LogP contribution in [0.5, 0.6) is 11.5 Å². The largest absolute Gasteiger partial charge is 0.493 e. The van der Waals surface area contributed by atoms with E-state index in [9.17, 15) is 4.79 Å². The molecule has 0 aliphatic carbocycles. The predicted molar refractivity (Wildman–Crippen MR) is 112 cm³/mol. The first-order valence-electron chi connectivity index (χ1n) is 8.46. The lowest BCUT2D eigenvalue weighted by Crippen LogP contribution is -2.20. The summed E-state index contributed by atoms with van der Waals surface area (Å²) in [5.74, 6) is 1.84. The second-order valence-electron chi connectivity index (χ2n) is 5.91. The number of anilines is 1. The Morgan fingerprint density at radius 2 is 2.00 bits per heavy atom. The molecule has 140 valence electrons. The molecule has 0 saturated heterocycles. The first-order chi connectivity index (χ1) is 13.2. The van der Waals surface area contributed by atoms with E-state index in [1.165, 1.54) is 5.56 Å². The number of thiophene rings is 1. The summed E-state index contributed by atoms with van der Waals surface area (Å²) >= 11 is 3.39. The van der Waals surface area contributed by atoms with Crippen molar-refractivity contribution in [1.29, 1.82) is 0 Å². The minimum atomic E-state index is -0.207. The maximum absolute atomic E-state index is 12.4. The third-order valence-corrected chi connectivity index (χ3v) is 5.69. The molecule has 2 aromatic carbocycles. The summed E-state index contributed by atoms with van der Waals surface area (Å²) in [5, 5.41) is 7.14. The first-order valence-corrected chi connectivity index (χ1v) is 10.4. The SMILES string of the molecule is COc1cc(C)ccc1OCC(=O)Nc1ccccc1SCc1ccsc1. The molecular formula is C21H21NO3S2. The zero-order valence-corrected chi connectivity index (χ0v) is 16.9. The number of hydrogen-bond acceptors (Lipinski definition) is 5. The van der Waals surface area contributed by atoms with Crippen LogP contribution in [0.15, 0.2) is 64.2 Å². The molecule has 0 radical (unpaired) electrons. The highest BCUT2D eigenvalue weighted by molar-refractivity contribution is 7.98. The standard InChI is InChI=1S/C21H21NO3S2/c1-15-7-8-18(19(11-15)24-2)25-12-21(23)22-17-5-3-4-6-20(17)27-14-16-9-10-26-13-16/h3-11,13H,12,14H2,1-2H3,(H,22,23). The van der Waals surface area contributed by atoms with E-state index in [4.69, 9.17) is 9.47 Å². The zero-order chi connectivity index (χ0) is 19.1. The van der Waals surface area contributed by atoms with E-state index in [0.29, 0.717) is 11.5 Å². The Hall–Kier alpha value is -2.44. The molecule has 3 rings (SSSR count). The van der Waals surface area contributed by atoms with Gasteiger partial charge in [0.15, 0.2) is 18.1 Å². The number of aryl methyl sites for hydroxylation is 1. The van der Waals surface area contributed by atoms with Crippen LogP contribution in [-0.2, 0) is 10.5 Å². The summed E-state index contributed by atoms with van der Waals surface area (Å²) in [5.41, 5.74) is 3.14. The minimum absolute atomic E-state index is 0.0804. The van der Waals surface area contributed by atoms with Gasteiger partial charge >= 0.3 is 0 Å². The number of rotatable bonds is 8. The molecule has 0 saturated carbocycles. The van der Waals surface area contributed by atoms with Crippen LogP contribution in [0.2, 0.25) is 0 Å². The normalized spacial score (nSPS) is 10.4. The number of para-hydroxylation sites is 1. The molecule has 1 aromatic heterocycles. The molecule has 0 spiro atoms. The molecule has 1 heterocycles. The summed E-state index contributed by atoms with van der Waals surface area (Å²) in [4.78, 5) is 13.4. The quantitative estimate of drug-likeness (QED) is 0.517. The number of methoxy groups -OCH3 is 1. The van der Waals surface area contributed by atoms with E-state index in [1.54, 1.807) is 30.2 Å². The Bertz CT molecular complexity index is 894. The first kappa shape index (κ1) is 19.3. The lowest BCUT2D eigenvalue weighted by molar-refractivity contribution is -0.118. The van der Waals surface area contributed by atoms with E-state index in [1.807, 2.05) is 49.4 Å². The average Bonchev–Trinajstić information content (AvgIpc) is 3.20. The molecule has 0 bridgehead atoms. The summed E-state index contributed by atoms with van der Waals surface area (Å²) in [6, 6.07) is 15.5. The van der Waals surface area contributed by atoms with E-state index in [0.717, 1.165) is 21.9 Å². The van der Waals surface area contributed by atoms with Crippen molar-refractivity contribution in [3.8, 4) is 11.5 Å². The number of amides is 1. The Morgan fingerprint density at radius 3 is 2.78 bits per heavy atom. The van der Waals surface area contributed by atoms with Crippen LogP contribution >= 0.6 is 23.1 Å². The van der Waals surface area contributed by atoms with Crippen molar-refractivity contribution in [2.75, 3.05) is 19.0 Å². The molecule has 0 atom stereocenters. The second kappa shape index (κ2) is 9.48. The molecule has 0 fully saturated rings. The average molecular weight is 400 g/mol. The number of benzene rings is 2. The van der Waals surface area contributed by atoms with E-state index in [2.05, 4.69) is 22.1 Å². The van der Waals surface area contributed by atoms with Gasteiger partial charge in [0, 0.05) is 10.6 Å². The maximum Gasteiger partial charge on any atom is 0.262 e. The molecule has 3 aromatic rings. The fourth-order valence-electron chi connectivity index (χ4n) is 2.46. The monoisotopic (exact) mass is 399 g/mol. The second-order valence-corrected chi connectivity index (χ2v) is 7.70. The van der Waals surface area contributed by atoms with Gasteiger partial charge in [0.05, 0.1) is 12.8 Å². The topological polar surface area (TPSA) is 47.6 Å². The van der Waals surface area contributed by atoms with Crippen LogP contribution in [0.4, 0.5) is 5.69 Å². The van der Waals surface area contributed by atoms with Crippen LogP contribution in [0, 0.1) is 6.92 Å². The molecule has 0 unspecified atom stereocenters. The van der Waals surface area contributed by atoms with E-state index >= 15 is 0 Å². The summed E-state index contributed by atoms with van der Waals surface area (Å²) in [6.45, 7) is 1.90. The van der Waals surface area contributed by atoms with Gasteiger partial charge < -0.3 is 14.8 Å². The number of thioether (sulfide) groups is 1. The Kier molecular flexibility index (Phi) is 6.79. The predicted octanol–water partition coefficient (Wildman–Crippen LogP) is 5.37. The highest BCUT2D eigenvalue weighted by Crippen LogP contribution is 2.31. The summed E-state index contributed by atoms with van der Waals surface area (Å²) in [6.07, 6.45) is 0. The zero-order valence-electron chi connectivity index (χ0n) is 15.2. The fourth-order valence-corrected chi connectivity index (χ4v) is 4.18. The fraction of sp³-hybridized carbons (Fsp3) is 0.190. The molecule has 4 nitrogen and oxygen atoms in total. The lowest BCUT2D eigenvalue weighted by Gasteiger charge is -2.13. The molecular weight excluding hydrogens is 378 g/mol. The summed E-state index contributed by atoms with van der Waals surface area (Å²) in [7, 11) is 1.59. The van der Waals surface area contributed by atoms with Crippen molar-refractivity contribution in [2.45, 2.75) is 17.6 Å². The van der Waals surface area contributed by atoms with Crippen LogP contribution in [0.1, 0.15) is 11.1 Å². The maximum atomic E-state index is 12.4. The van der Waals surface area contributed by atoms with Gasteiger partial charge in [0.2, 0.25) is 0 Å². The Morgan fingerprint density at radius 1 is 1.15 bits per heavy atom. The van der Waals surface area contributed by atoms with Crippen molar-refractivity contribution < 1.29 is 14.3 Å². The van der Waals surface area contributed by atoms with Crippen molar-refractivity contribution >= 4 is 34.7 Å². The van der Waals surface area contributed by atoms with Gasteiger partial charge in [-0.2, -0.15) is 11.3 Å². The minimum Gasteiger partial charge on any atom is -0.493 e. The van der Waals surface area contributed by atoms with Crippen molar-refractivity contribution in [2.24, 2.45) is 0 Å². The van der Waals surface area contributed by atoms with Gasteiger partial charge in [-0.3, -0.25) is 4.79 Å². The van der Waals surface area contributed by atoms with Crippen molar-refractivity contribution in [3.63, 3.8) is 0 Å². The molecule has 27 heavy (non-hydrogen) atoms. The summed E-state index contributed by atoms with van der Waals surface area (Å²) < 4.78 is 10.9. The van der Waals surface area contributed by atoms with Crippen LogP contribution in [0.25, 0.3) is 0 Å². The number of nitrogens with one attached hydrogen (secondary N) is 1. The Balaban J connectivity index is 1.59.